The van der Waals surface area contributed by atoms with Crippen molar-refractivity contribution in [2.45, 2.75) is 6.61 Å². The maximum atomic E-state index is 5.83. The second-order valence-corrected chi connectivity index (χ2v) is 6.39. The van der Waals surface area contributed by atoms with E-state index in [1.54, 1.807) is 32.5 Å². The quantitative estimate of drug-likeness (QED) is 0.502. The van der Waals surface area contributed by atoms with Gasteiger partial charge in [-0.15, -0.1) is 0 Å². The Morgan fingerprint density at radius 3 is 2.52 bits per heavy atom. The van der Waals surface area contributed by atoms with Gasteiger partial charge in [0, 0.05) is 29.2 Å². The minimum absolute atomic E-state index is 0.317. The van der Waals surface area contributed by atoms with Crippen molar-refractivity contribution < 1.29 is 14.2 Å². The predicted molar refractivity (Wildman–Crippen MR) is 119 cm³/mol. The maximum absolute atomic E-state index is 5.83. The highest BCUT2D eigenvalue weighted by Crippen LogP contribution is 2.30. The molecular formula is C21H22N4O3S. The maximum Gasteiger partial charge on any atom is 0.175 e. The van der Waals surface area contributed by atoms with E-state index in [4.69, 9.17) is 32.2 Å². The molecule has 0 atom stereocenters. The van der Waals surface area contributed by atoms with Gasteiger partial charge in [-0.1, -0.05) is 18.2 Å². The zero-order chi connectivity index (χ0) is 20.6. The van der Waals surface area contributed by atoms with E-state index in [1.165, 1.54) is 0 Å². The van der Waals surface area contributed by atoms with Crippen LogP contribution in [0.5, 0.6) is 17.2 Å². The van der Waals surface area contributed by atoms with Crippen LogP contribution in [0.1, 0.15) is 5.56 Å². The first-order valence-electron chi connectivity index (χ1n) is 8.82. The van der Waals surface area contributed by atoms with E-state index >= 15 is 0 Å². The summed E-state index contributed by atoms with van der Waals surface area (Å²) in [4.78, 5) is 4.02. The summed E-state index contributed by atoms with van der Waals surface area (Å²) in [6.07, 6.45) is 1.62. The monoisotopic (exact) mass is 410 g/mol. The Balaban J connectivity index is 1.67. The molecular weight excluding hydrogens is 388 g/mol. The zero-order valence-electron chi connectivity index (χ0n) is 16.1. The summed E-state index contributed by atoms with van der Waals surface area (Å²) in [6, 6.07) is 16.8. The van der Waals surface area contributed by atoms with E-state index in [2.05, 4.69) is 15.6 Å². The third kappa shape index (κ3) is 5.26. The highest BCUT2D eigenvalue weighted by molar-refractivity contribution is 7.80. The van der Waals surface area contributed by atoms with Gasteiger partial charge in [0.25, 0.3) is 0 Å². The van der Waals surface area contributed by atoms with Crippen LogP contribution in [0.25, 0.3) is 0 Å². The molecule has 0 aliphatic heterocycles. The lowest BCUT2D eigenvalue weighted by Crippen LogP contribution is -2.20. The summed E-state index contributed by atoms with van der Waals surface area (Å²) in [6.45, 7) is 0.317. The molecule has 0 aliphatic rings. The van der Waals surface area contributed by atoms with Gasteiger partial charge in [-0.2, -0.15) is 0 Å². The van der Waals surface area contributed by atoms with Crippen LogP contribution in [0, 0.1) is 0 Å². The summed E-state index contributed by atoms with van der Waals surface area (Å²) >= 11 is 5.45. The van der Waals surface area contributed by atoms with E-state index in [-0.39, 0.29) is 0 Å². The molecule has 0 spiro atoms. The second-order valence-electron chi connectivity index (χ2n) is 5.98. The molecule has 0 saturated carbocycles. The van der Waals surface area contributed by atoms with Gasteiger partial charge in [-0.05, 0) is 42.5 Å². The van der Waals surface area contributed by atoms with Crippen molar-refractivity contribution in [2.75, 3.05) is 30.6 Å². The van der Waals surface area contributed by atoms with Crippen LogP contribution in [0.3, 0.4) is 0 Å². The van der Waals surface area contributed by atoms with Gasteiger partial charge in [0.1, 0.15) is 6.61 Å². The third-order valence-corrected chi connectivity index (χ3v) is 4.29. The first-order valence-corrected chi connectivity index (χ1v) is 9.22. The molecule has 3 aromatic rings. The number of pyridine rings is 1. The molecule has 0 fully saturated rings. The summed E-state index contributed by atoms with van der Waals surface area (Å²) < 4.78 is 16.4. The second kappa shape index (κ2) is 9.61. The number of methoxy groups -OCH3 is 2. The molecule has 1 heterocycles. The molecule has 0 saturated heterocycles. The van der Waals surface area contributed by atoms with Crippen molar-refractivity contribution >= 4 is 34.5 Å². The number of anilines is 3. The first-order chi connectivity index (χ1) is 14.1. The standard InChI is InChI=1S/C21H22N4O3S/c1-26-17-10-9-15(12-19(17)27-2)24-21(29)25-16-7-4-3-6-14(16)13-28-18-8-5-11-23-20(18)22/h3-12H,13H2,1-2H3,(H2,22,23)(H2,24,25,29). The molecule has 1 aromatic heterocycles. The normalized spacial score (nSPS) is 10.1. The highest BCUT2D eigenvalue weighted by Gasteiger charge is 2.09. The zero-order valence-corrected chi connectivity index (χ0v) is 17.0. The smallest absolute Gasteiger partial charge is 0.175 e. The first kappa shape index (κ1) is 20.2. The predicted octanol–water partition coefficient (Wildman–Crippen LogP) is 4.07. The van der Waals surface area contributed by atoms with Crippen LogP contribution >= 0.6 is 12.2 Å². The number of para-hydroxylation sites is 1. The number of hydrogen-bond donors (Lipinski definition) is 3. The Kier molecular flexibility index (Phi) is 6.70. The number of aromatic nitrogens is 1. The van der Waals surface area contributed by atoms with Gasteiger partial charge in [0.2, 0.25) is 0 Å². The van der Waals surface area contributed by atoms with E-state index in [1.807, 2.05) is 42.5 Å². The fourth-order valence-electron chi connectivity index (χ4n) is 2.65. The molecule has 0 amide bonds. The Hall–Kier alpha value is -3.52. The molecule has 3 rings (SSSR count). The van der Waals surface area contributed by atoms with Gasteiger partial charge in [0.15, 0.2) is 28.2 Å². The summed E-state index contributed by atoms with van der Waals surface area (Å²) in [5, 5.41) is 6.77. The number of nitrogens with two attached hydrogens (primary N) is 1. The highest BCUT2D eigenvalue weighted by atomic mass is 32.1. The van der Waals surface area contributed by atoms with Crippen LogP contribution in [-0.4, -0.2) is 24.3 Å². The Morgan fingerprint density at radius 1 is 0.966 bits per heavy atom. The van der Waals surface area contributed by atoms with Crippen LogP contribution in [-0.2, 0) is 6.61 Å². The number of rotatable bonds is 7. The molecule has 0 aliphatic carbocycles. The van der Waals surface area contributed by atoms with E-state index in [0.717, 1.165) is 16.9 Å². The van der Waals surface area contributed by atoms with Crippen LogP contribution in [0.4, 0.5) is 17.2 Å². The van der Waals surface area contributed by atoms with Crippen molar-refractivity contribution in [1.29, 1.82) is 0 Å². The Bertz CT molecular complexity index is 997. The van der Waals surface area contributed by atoms with Crippen molar-refractivity contribution in [3.05, 3.63) is 66.4 Å². The fraction of sp³-hybridized carbons (Fsp3) is 0.143. The number of ether oxygens (including phenoxy) is 3. The molecule has 150 valence electrons. The lowest BCUT2D eigenvalue weighted by Gasteiger charge is -2.16. The van der Waals surface area contributed by atoms with Crippen LogP contribution in [0.15, 0.2) is 60.8 Å². The summed E-state index contributed by atoms with van der Waals surface area (Å²) in [5.74, 6) is 2.15. The number of hydrogen-bond acceptors (Lipinski definition) is 6. The average Bonchev–Trinajstić information content (AvgIpc) is 2.74. The number of nitrogens with one attached hydrogen (secondary N) is 2. The minimum Gasteiger partial charge on any atom is -0.493 e. The fourth-order valence-corrected chi connectivity index (χ4v) is 2.87. The van der Waals surface area contributed by atoms with Crippen LogP contribution in [0.2, 0.25) is 0 Å². The molecule has 2 aromatic carbocycles. The lowest BCUT2D eigenvalue weighted by molar-refractivity contribution is 0.307. The Labute approximate surface area is 174 Å². The molecule has 7 nitrogen and oxygen atoms in total. The van der Waals surface area contributed by atoms with Gasteiger partial charge in [-0.3, -0.25) is 0 Å². The van der Waals surface area contributed by atoms with Gasteiger partial charge in [-0.25, -0.2) is 4.98 Å². The number of nitrogen functional groups attached to an aromatic ring is 1. The summed E-state index contributed by atoms with van der Waals surface area (Å²) in [7, 11) is 3.18. The largest absolute Gasteiger partial charge is 0.493 e. The molecule has 0 bridgehead atoms. The lowest BCUT2D eigenvalue weighted by atomic mass is 10.2. The third-order valence-electron chi connectivity index (χ3n) is 4.09. The van der Waals surface area contributed by atoms with Gasteiger partial charge < -0.3 is 30.6 Å². The van der Waals surface area contributed by atoms with E-state index in [9.17, 15) is 0 Å². The van der Waals surface area contributed by atoms with Gasteiger partial charge in [0.05, 0.1) is 14.2 Å². The molecule has 8 heteroatoms. The number of benzene rings is 2. The number of nitrogens with zero attached hydrogens (tertiary/aromatic N) is 1. The SMILES string of the molecule is COc1ccc(NC(=S)Nc2ccccc2COc2cccnc2N)cc1OC. The van der Waals surface area contributed by atoms with Crippen molar-refractivity contribution in [3.8, 4) is 17.2 Å². The Morgan fingerprint density at radius 2 is 1.76 bits per heavy atom. The average molecular weight is 410 g/mol. The van der Waals surface area contributed by atoms with Crippen LogP contribution < -0.4 is 30.6 Å². The van der Waals surface area contributed by atoms with Crippen molar-refractivity contribution in [1.82, 2.24) is 4.98 Å². The van der Waals surface area contributed by atoms with Crippen molar-refractivity contribution in [3.63, 3.8) is 0 Å². The topological polar surface area (TPSA) is 90.7 Å². The van der Waals surface area contributed by atoms with Gasteiger partial charge >= 0.3 is 0 Å². The molecule has 4 N–H and O–H groups in total. The molecule has 0 unspecified atom stereocenters. The minimum atomic E-state index is 0.317. The molecule has 29 heavy (non-hydrogen) atoms. The summed E-state index contributed by atoms with van der Waals surface area (Å²) in [5.41, 5.74) is 8.36. The molecule has 0 radical (unpaired) electrons. The number of thiocarbonyl (C=S) groups is 1. The van der Waals surface area contributed by atoms with Crippen molar-refractivity contribution in [2.24, 2.45) is 0 Å². The van der Waals surface area contributed by atoms with E-state index in [0.29, 0.717) is 34.8 Å². The van der Waals surface area contributed by atoms with E-state index < -0.39 is 0 Å².